The van der Waals surface area contributed by atoms with E-state index in [1.807, 2.05) is 54.6 Å². The number of urea groups is 1. The summed E-state index contributed by atoms with van der Waals surface area (Å²) in [6, 6.07) is 17.1. The van der Waals surface area contributed by atoms with Crippen molar-refractivity contribution in [3.63, 3.8) is 0 Å². The Balaban J connectivity index is 1.61. The van der Waals surface area contributed by atoms with E-state index in [1.165, 1.54) is 6.42 Å². The summed E-state index contributed by atoms with van der Waals surface area (Å²) < 4.78 is 5.74. The Hall–Kier alpha value is -2.49. The van der Waals surface area contributed by atoms with Gasteiger partial charge in [0, 0.05) is 17.8 Å². The van der Waals surface area contributed by atoms with Crippen molar-refractivity contribution in [2.45, 2.75) is 25.3 Å². The Morgan fingerprint density at radius 1 is 1.00 bits per heavy atom. The number of amides is 2. The van der Waals surface area contributed by atoms with Crippen LogP contribution >= 0.6 is 0 Å². The summed E-state index contributed by atoms with van der Waals surface area (Å²) in [6.07, 6.45) is 3.35. The minimum atomic E-state index is -0.156. The zero-order valence-corrected chi connectivity index (χ0v) is 11.7. The van der Waals surface area contributed by atoms with Crippen LogP contribution in [0.5, 0.6) is 11.5 Å². The zero-order valence-electron chi connectivity index (χ0n) is 11.7. The minimum absolute atomic E-state index is 0.156. The van der Waals surface area contributed by atoms with Crippen molar-refractivity contribution in [3.8, 4) is 11.5 Å². The van der Waals surface area contributed by atoms with Gasteiger partial charge in [0.15, 0.2) is 0 Å². The molecular weight excluding hydrogens is 264 g/mol. The molecule has 4 nitrogen and oxygen atoms in total. The molecule has 1 aliphatic carbocycles. The zero-order chi connectivity index (χ0) is 14.5. The van der Waals surface area contributed by atoms with Crippen molar-refractivity contribution in [3.05, 3.63) is 54.6 Å². The lowest BCUT2D eigenvalue weighted by atomic mass is 9.93. The normalized spacial score (nSPS) is 14.1. The predicted octanol–water partition coefficient (Wildman–Crippen LogP) is 4.15. The van der Waals surface area contributed by atoms with E-state index >= 15 is 0 Å². The van der Waals surface area contributed by atoms with Crippen molar-refractivity contribution in [1.82, 2.24) is 5.32 Å². The third-order valence-electron chi connectivity index (χ3n) is 3.51. The van der Waals surface area contributed by atoms with Crippen LogP contribution in [0.3, 0.4) is 0 Å². The molecule has 2 N–H and O–H groups in total. The van der Waals surface area contributed by atoms with Gasteiger partial charge in [-0.25, -0.2) is 4.79 Å². The van der Waals surface area contributed by atoms with Gasteiger partial charge in [-0.15, -0.1) is 0 Å². The Morgan fingerprint density at radius 2 is 1.76 bits per heavy atom. The summed E-state index contributed by atoms with van der Waals surface area (Å²) in [5.41, 5.74) is 0.722. The van der Waals surface area contributed by atoms with Gasteiger partial charge in [-0.1, -0.05) is 24.3 Å². The van der Waals surface area contributed by atoms with Gasteiger partial charge in [-0.3, -0.25) is 0 Å². The Bertz CT molecular complexity index is 609. The van der Waals surface area contributed by atoms with Gasteiger partial charge in [-0.05, 0) is 43.5 Å². The van der Waals surface area contributed by atoms with Crippen LogP contribution in [0.25, 0.3) is 0 Å². The van der Waals surface area contributed by atoms with Crippen LogP contribution in [0.1, 0.15) is 19.3 Å². The highest BCUT2D eigenvalue weighted by Gasteiger charge is 2.19. The van der Waals surface area contributed by atoms with Crippen molar-refractivity contribution in [2.24, 2.45) is 0 Å². The second kappa shape index (κ2) is 6.31. The minimum Gasteiger partial charge on any atom is -0.457 e. The van der Waals surface area contributed by atoms with Crippen molar-refractivity contribution >= 4 is 11.7 Å². The molecule has 2 amide bonds. The summed E-state index contributed by atoms with van der Waals surface area (Å²) in [5, 5.41) is 5.78. The molecule has 2 aromatic carbocycles. The summed E-state index contributed by atoms with van der Waals surface area (Å²) in [5.74, 6) is 1.47. The van der Waals surface area contributed by atoms with Gasteiger partial charge in [0.25, 0.3) is 0 Å². The number of hydrogen-bond donors (Lipinski definition) is 2. The lowest BCUT2D eigenvalue weighted by Crippen LogP contribution is -2.41. The SMILES string of the molecule is O=C(Nc1cccc(Oc2ccccc2)c1)NC1CCC1. The van der Waals surface area contributed by atoms with Crippen LogP contribution in [-0.4, -0.2) is 12.1 Å². The number of carbonyl (C=O) groups excluding carboxylic acids is 1. The topological polar surface area (TPSA) is 50.4 Å². The number of para-hydroxylation sites is 1. The molecule has 0 saturated heterocycles. The Kier molecular flexibility index (Phi) is 4.05. The fourth-order valence-corrected chi connectivity index (χ4v) is 2.17. The molecule has 4 heteroatoms. The molecule has 0 aliphatic heterocycles. The van der Waals surface area contributed by atoms with E-state index in [9.17, 15) is 4.79 Å². The molecule has 108 valence electrons. The largest absolute Gasteiger partial charge is 0.457 e. The molecule has 0 spiro atoms. The number of benzene rings is 2. The first-order valence-electron chi connectivity index (χ1n) is 7.20. The van der Waals surface area contributed by atoms with E-state index in [2.05, 4.69) is 10.6 Å². The summed E-state index contributed by atoms with van der Waals surface area (Å²) >= 11 is 0. The van der Waals surface area contributed by atoms with Crippen LogP contribution in [0.4, 0.5) is 10.5 Å². The second-order valence-corrected chi connectivity index (χ2v) is 5.17. The van der Waals surface area contributed by atoms with Gasteiger partial charge in [0.2, 0.25) is 0 Å². The van der Waals surface area contributed by atoms with E-state index in [-0.39, 0.29) is 6.03 Å². The monoisotopic (exact) mass is 282 g/mol. The highest BCUT2D eigenvalue weighted by molar-refractivity contribution is 5.89. The molecule has 1 fully saturated rings. The average Bonchev–Trinajstić information content (AvgIpc) is 2.44. The predicted molar refractivity (Wildman–Crippen MR) is 82.8 cm³/mol. The lowest BCUT2D eigenvalue weighted by molar-refractivity contribution is 0.240. The highest BCUT2D eigenvalue weighted by atomic mass is 16.5. The van der Waals surface area contributed by atoms with Gasteiger partial charge in [0.1, 0.15) is 11.5 Å². The Morgan fingerprint density at radius 3 is 2.48 bits per heavy atom. The number of anilines is 1. The van der Waals surface area contributed by atoms with E-state index < -0.39 is 0 Å². The number of ether oxygens (including phenoxy) is 1. The maximum atomic E-state index is 11.8. The first-order chi connectivity index (χ1) is 10.3. The molecule has 0 aromatic heterocycles. The molecule has 0 atom stereocenters. The van der Waals surface area contributed by atoms with Crippen LogP contribution in [0, 0.1) is 0 Å². The Labute approximate surface area is 124 Å². The quantitative estimate of drug-likeness (QED) is 0.885. The molecule has 2 aromatic rings. The standard InChI is InChI=1S/C17H18N2O2/c20-17(18-13-6-4-7-13)19-14-8-5-11-16(12-14)21-15-9-2-1-3-10-15/h1-3,5,8-13H,4,6-7H2,(H2,18,19,20). The van der Waals surface area contributed by atoms with Gasteiger partial charge in [0.05, 0.1) is 0 Å². The number of carbonyl (C=O) groups is 1. The summed E-state index contributed by atoms with van der Waals surface area (Å²) in [7, 11) is 0. The average molecular weight is 282 g/mol. The number of nitrogens with one attached hydrogen (secondary N) is 2. The number of hydrogen-bond acceptors (Lipinski definition) is 2. The van der Waals surface area contributed by atoms with E-state index in [0.717, 1.165) is 24.3 Å². The smallest absolute Gasteiger partial charge is 0.319 e. The first kappa shape index (κ1) is 13.5. The highest BCUT2D eigenvalue weighted by Crippen LogP contribution is 2.24. The van der Waals surface area contributed by atoms with E-state index in [4.69, 9.17) is 4.74 Å². The summed E-state index contributed by atoms with van der Waals surface area (Å²) in [4.78, 5) is 11.8. The van der Waals surface area contributed by atoms with E-state index in [0.29, 0.717) is 11.8 Å². The number of rotatable bonds is 4. The summed E-state index contributed by atoms with van der Waals surface area (Å²) in [6.45, 7) is 0. The molecule has 0 heterocycles. The fraction of sp³-hybridized carbons (Fsp3) is 0.235. The molecule has 3 rings (SSSR count). The fourth-order valence-electron chi connectivity index (χ4n) is 2.17. The van der Waals surface area contributed by atoms with Crippen LogP contribution < -0.4 is 15.4 Å². The van der Waals surface area contributed by atoms with Crippen LogP contribution in [0.2, 0.25) is 0 Å². The third-order valence-corrected chi connectivity index (χ3v) is 3.51. The molecule has 21 heavy (non-hydrogen) atoms. The van der Waals surface area contributed by atoms with Crippen LogP contribution in [0.15, 0.2) is 54.6 Å². The van der Waals surface area contributed by atoms with Crippen molar-refractivity contribution in [1.29, 1.82) is 0 Å². The van der Waals surface area contributed by atoms with Gasteiger partial charge < -0.3 is 15.4 Å². The lowest BCUT2D eigenvalue weighted by Gasteiger charge is -2.26. The van der Waals surface area contributed by atoms with Gasteiger partial charge in [-0.2, -0.15) is 0 Å². The van der Waals surface area contributed by atoms with E-state index in [1.54, 1.807) is 0 Å². The van der Waals surface area contributed by atoms with Gasteiger partial charge >= 0.3 is 6.03 Å². The molecular formula is C17H18N2O2. The van der Waals surface area contributed by atoms with Crippen molar-refractivity contribution in [2.75, 3.05) is 5.32 Å². The molecule has 1 aliphatic rings. The maximum Gasteiger partial charge on any atom is 0.319 e. The maximum absolute atomic E-state index is 11.8. The molecule has 1 saturated carbocycles. The van der Waals surface area contributed by atoms with Crippen LogP contribution in [-0.2, 0) is 0 Å². The first-order valence-corrected chi connectivity index (χ1v) is 7.20. The molecule has 0 unspecified atom stereocenters. The molecule has 0 bridgehead atoms. The third kappa shape index (κ3) is 3.75. The molecule has 0 radical (unpaired) electrons. The second-order valence-electron chi connectivity index (χ2n) is 5.17. The van der Waals surface area contributed by atoms with Crippen molar-refractivity contribution < 1.29 is 9.53 Å².